The van der Waals surface area contributed by atoms with Crippen molar-refractivity contribution >= 4 is 30.8 Å². The number of aromatic nitrogens is 4. The first kappa shape index (κ1) is 28.4. The van der Waals surface area contributed by atoms with Crippen LogP contribution in [0.3, 0.4) is 0 Å². The number of hydrogen-bond donors (Lipinski definition) is 3. The summed E-state index contributed by atoms with van der Waals surface area (Å²) < 4.78 is 52.9. The molecule has 4 N–H and O–H groups in total. The van der Waals surface area contributed by atoms with Gasteiger partial charge in [0, 0.05) is 0 Å². The van der Waals surface area contributed by atoms with Gasteiger partial charge in [-0.25, -0.2) is 18.9 Å². The highest BCUT2D eigenvalue weighted by Gasteiger charge is 2.58. The van der Waals surface area contributed by atoms with E-state index in [0.717, 1.165) is 0 Å². The van der Waals surface area contributed by atoms with E-state index in [1.807, 2.05) is 5.92 Å². The SMILES string of the molecule is C#CC1(F)C(n2cnc3cnc(N)nc32)O[C@H](COP(=O)(N[C@@H](C)C(=O)OC(C)C)Oc2ccccc2)[C@@H]1O. The molecule has 1 aromatic carbocycles. The van der Waals surface area contributed by atoms with Crippen LogP contribution in [0.25, 0.3) is 11.2 Å². The second-order valence-electron chi connectivity index (χ2n) is 9.01. The van der Waals surface area contributed by atoms with Crippen LogP contribution in [-0.4, -0.2) is 67.2 Å². The fraction of sp³-hybridized carbons (Fsp3) is 0.417. The first-order valence-corrected chi connectivity index (χ1v) is 13.4. The van der Waals surface area contributed by atoms with Gasteiger partial charge >= 0.3 is 13.7 Å². The summed E-state index contributed by atoms with van der Waals surface area (Å²) in [7, 11) is -4.32. The number of imidazole rings is 1. The van der Waals surface area contributed by atoms with E-state index in [0.29, 0.717) is 0 Å². The second-order valence-corrected chi connectivity index (χ2v) is 10.7. The third kappa shape index (κ3) is 6.03. The molecule has 39 heavy (non-hydrogen) atoms. The first-order valence-electron chi connectivity index (χ1n) is 11.9. The highest BCUT2D eigenvalue weighted by atomic mass is 31.2. The zero-order valence-corrected chi connectivity index (χ0v) is 22.2. The van der Waals surface area contributed by atoms with Gasteiger partial charge in [-0.05, 0) is 32.9 Å². The molecule has 6 atom stereocenters. The van der Waals surface area contributed by atoms with E-state index in [1.54, 1.807) is 32.0 Å². The third-order valence-electron chi connectivity index (χ3n) is 5.69. The number of nitrogens with one attached hydrogen (secondary N) is 1. The second kappa shape index (κ2) is 11.3. The topological polar surface area (TPSA) is 173 Å². The fourth-order valence-corrected chi connectivity index (χ4v) is 5.33. The Morgan fingerprint density at radius 2 is 2.08 bits per heavy atom. The number of carbonyl (C=O) groups is 1. The van der Waals surface area contributed by atoms with E-state index >= 15 is 4.39 Å². The zero-order chi connectivity index (χ0) is 28.4. The van der Waals surface area contributed by atoms with Crippen LogP contribution < -0.4 is 15.3 Å². The lowest BCUT2D eigenvalue weighted by Crippen LogP contribution is -2.42. The summed E-state index contributed by atoms with van der Waals surface area (Å²) in [6.45, 7) is 4.09. The van der Waals surface area contributed by atoms with Crippen molar-refractivity contribution in [2.45, 2.75) is 57.0 Å². The van der Waals surface area contributed by atoms with Crippen LogP contribution >= 0.6 is 7.75 Å². The molecule has 1 saturated heterocycles. The van der Waals surface area contributed by atoms with Gasteiger partial charge in [-0.2, -0.15) is 10.1 Å². The predicted molar refractivity (Wildman–Crippen MR) is 137 cm³/mol. The van der Waals surface area contributed by atoms with Crippen LogP contribution in [0, 0.1) is 12.3 Å². The van der Waals surface area contributed by atoms with Crippen LogP contribution in [-0.2, 0) is 23.4 Å². The molecule has 0 radical (unpaired) electrons. The molecule has 0 saturated carbocycles. The number of nitrogens with two attached hydrogens (primary N) is 1. The van der Waals surface area contributed by atoms with Crippen molar-refractivity contribution in [1.29, 1.82) is 0 Å². The molecule has 0 amide bonds. The summed E-state index contributed by atoms with van der Waals surface area (Å²) in [6.07, 6.45) is 2.69. The number of alkyl halides is 1. The highest BCUT2D eigenvalue weighted by Crippen LogP contribution is 2.48. The lowest BCUT2D eigenvalue weighted by Gasteiger charge is -2.25. The number of aliphatic hydroxyl groups is 1. The molecule has 0 aliphatic carbocycles. The van der Waals surface area contributed by atoms with Crippen molar-refractivity contribution in [3.63, 3.8) is 0 Å². The van der Waals surface area contributed by atoms with Gasteiger partial charge in [0.25, 0.3) is 0 Å². The van der Waals surface area contributed by atoms with Crippen molar-refractivity contribution in [1.82, 2.24) is 24.6 Å². The number of aliphatic hydroxyl groups excluding tert-OH is 1. The number of fused-ring (bicyclic) bond motifs is 1. The summed E-state index contributed by atoms with van der Waals surface area (Å²) in [5.74, 6) is 1.31. The highest BCUT2D eigenvalue weighted by molar-refractivity contribution is 7.52. The van der Waals surface area contributed by atoms with E-state index in [2.05, 4.69) is 20.0 Å². The largest absolute Gasteiger partial charge is 0.462 e. The average molecular weight is 562 g/mol. The number of hydrogen-bond acceptors (Lipinski definition) is 11. The van der Waals surface area contributed by atoms with Gasteiger partial charge in [-0.1, -0.05) is 24.1 Å². The van der Waals surface area contributed by atoms with Gasteiger partial charge in [0.2, 0.25) is 11.6 Å². The van der Waals surface area contributed by atoms with Gasteiger partial charge in [0.15, 0.2) is 11.9 Å². The molecule has 3 unspecified atom stereocenters. The number of ether oxygens (including phenoxy) is 2. The number of carbonyl (C=O) groups excluding carboxylic acids is 1. The van der Waals surface area contributed by atoms with Gasteiger partial charge in [0.05, 0.1) is 25.2 Å². The van der Waals surface area contributed by atoms with Crippen molar-refractivity contribution in [3.8, 4) is 18.1 Å². The maximum absolute atomic E-state index is 16.0. The molecule has 0 bridgehead atoms. The molecule has 3 aromatic rings. The molecule has 1 aliphatic rings. The number of rotatable bonds is 10. The Bertz CT molecular complexity index is 1420. The molecule has 208 valence electrons. The van der Waals surface area contributed by atoms with Crippen molar-refractivity contribution in [3.05, 3.63) is 42.9 Å². The van der Waals surface area contributed by atoms with E-state index < -0.39 is 56.6 Å². The Kier molecular flexibility index (Phi) is 8.20. The number of anilines is 1. The lowest BCUT2D eigenvalue weighted by atomic mass is 9.97. The number of nitrogen functional groups attached to an aromatic ring is 1. The van der Waals surface area contributed by atoms with E-state index in [9.17, 15) is 14.5 Å². The van der Waals surface area contributed by atoms with Gasteiger partial charge < -0.3 is 24.8 Å². The van der Waals surface area contributed by atoms with E-state index in [1.165, 1.54) is 36.1 Å². The van der Waals surface area contributed by atoms with Gasteiger partial charge in [0.1, 0.15) is 29.5 Å². The molecule has 1 fully saturated rings. The molecular formula is C24H28FN6O7P. The number of nitrogens with zero attached hydrogens (tertiary/aromatic N) is 4. The molecule has 0 spiro atoms. The van der Waals surface area contributed by atoms with Gasteiger partial charge in [-0.15, -0.1) is 6.42 Å². The van der Waals surface area contributed by atoms with Crippen molar-refractivity contribution in [2.75, 3.05) is 12.3 Å². The molecule has 1 aliphatic heterocycles. The monoisotopic (exact) mass is 562 g/mol. The van der Waals surface area contributed by atoms with Crippen LogP contribution in [0.4, 0.5) is 10.3 Å². The Morgan fingerprint density at radius 1 is 1.36 bits per heavy atom. The number of terminal acetylenes is 1. The third-order valence-corrected chi connectivity index (χ3v) is 7.33. The summed E-state index contributed by atoms with van der Waals surface area (Å²) in [5.41, 5.74) is 3.31. The maximum Gasteiger partial charge on any atom is 0.459 e. The summed E-state index contributed by atoms with van der Waals surface area (Å²) in [4.78, 5) is 24.3. The minimum Gasteiger partial charge on any atom is -0.462 e. The van der Waals surface area contributed by atoms with Crippen LogP contribution in [0.2, 0.25) is 0 Å². The molecule has 4 rings (SSSR count). The number of benzene rings is 1. The van der Waals surface area contributed by atoms with E-state index in [-0.39, 0.29) is 22.9 Å². The number of esters is 1. The van der Waals surface area contributed by atoms with Crippen LogP contribution in [0.15, 0.2) is 42.9 Å². The summed E-state index contributed by atoms with van der Waals surface area (Å²) in [5, 5.41) is 13.3. The Labute approximate surface area is 223 Å². The molecule has 13 nitrogen and oxygen atoms in total. The average Bonchev–Trinajstić information content (AvgIpc) is 3.41. The van der Waals surface area contributed by atoms with Gasteiger partial charge in [-0.3, -0.25) is 13.9 Å². The smallest absolute Gasteiger partial charge is 0.459 e. The minimum atomic E-state index is -4.32. The Morgan fingerprint density at radius 3 is 2.74 bits per heavy atom. The molecule has 2 aromatic heterocycles. The van der Waals surface area contributed by atoms with E-state index in [4.69, 9.17) is 30.7 Å². The number of para-hydroxylation sites is 1. The normalized spacial score (nSPS) is 25.2. The Hall–Kier alpha value is -3.60. The molecular weight excluding hydrogens is 534 g/mol. The summed E-state index contributed by atoms with van der Waals surface area (Å²) >= 11 is 0. The first-order chi connectivity index (χ1) is 18.5. The van der Waals surface area contributed by atoms with Crippen molar-refractivity contribution < 1.29 is 37.4 Å². The van der Waals surface area contributed by atoms with Crippen molar-refractivity contribution in [2.24, 2.45) is 0 Å². The van der Waals surface area contributed by atoms with Crippen LogP contribution in [0.5, 0.6) is 5.75 Å². The molecule has 3 heterocycles. The maximum atomic E-state index is 16.0. The van der Waals surface area contributed by atoms with Crippen LogP contribution in [0.1, 0.15) is 27.0 Å². The Balaban J connectivity index is 1.57. The fourth-order valence-electron chi connectivity index (χ4n) is 3.83. The molecule has 15 heteroatoms. The predicted octanol–water partition coefficient (Wildman–Crippen LogP) is 2.14. The number of halogens is 1. The quantitative estimate of drug-likeness (QED) is 0.187. The summed E-state index contributed by atoms with van der Waals surface area (Å²) in [6, 6.07) is 6.93. The lowest BCUT2D eigenvalue weighted by molar-refractivity contribution is -0.149. The zero-order valence-electron chi connectivity index (χ0n) is 21.3. The minimum absolute atomic E-state index is 0.0944. The standard InChI is InChI=1S/C24H28FN6O7P/c1-5-24(25)19(32)18(37-22(24)31-13-28-17-11-27-23(26)29-20(17)31)12-35-39(34,38-16-9-7-6-8-10-16)30-15(4)21(33)36-14(2)3/h1,6-11,13-15,18-19,22,32H,12H2,2-4H3,(H,30,34)(H2,26,27,29)/t15-,18+,19-,22?,24?,39?/m0/s1.